The Bertz CT molecular complexity index is 1310. The second kappa shape index (κ2) is 3.74. The summed E-state index contributed by atoms with van der Waals surface area (Å²) in [7, 11) is 0. The van der Waals surface area contributed by atoms with Crippen molar-refractivity contribution < 1.29 is 0 Å². The third kappa shape index (κ3) is 1.22. The summed E-state index contributed by atoms with van der Waals surface area (Å²) in [6.07, 6.45) is 0. The van der Waals surface area contributed by atoms with Gasteiger partial charge in [-0.25, -0.2) is 4.52 Å². The minimum Gasteiger partial charge on any atom is -0.267 e. The third-order valence-electron chi connectivity index (χ3n) is 4.27. The van der Waals surface area contributed by atoms with Crippen molar-refractivity contribution in [3.63, 3.8) is 0 Å². The molecule has 0 bridgehead atoms. The van der Waals surface area contributed by atoms with Crippen molar-refractivity contribution >= 4 is 32.6 Å². The fourth-order valence-corrected chi connectivity index (χ4v) is 3.26. The molecule has 0 atom stereocenters. The number of benzene rings is 3. The largest absolute Gasteiger partial charge is 0.282 e. The number of hydrogen-bond donors (Lipinski definition) is 0. The summed E-state index contributed by atoms with van der Waals surface area (Å²) in [4.78, 5) is 25.2. The van der Waals surface area contributed by atoms with Crippen LogP contribution in [0.5, 0.6) is 0 Å². The van der Waals surface area contributed by atoms with Crippen LogP contribution in [0.3, 0.4) is 0 Å². The molecular formula is C18H10N2O2. The number of fused-ring (bicyclic) bond motifs is 6. The normalized spacial score (nSPS) is 12.0. The van der Waals surface area contributed by atoms with Crippen molar-refractivity contribution in [3.05, 3.63) is 81.4 Å². The highest BCUT2D eigenvalue weighted by Gasteiger charge is 2.17. The van der Waals surface area contributed by atoms with Crippen LogP contribution in [0.15, 0.2) is 70.3 Å². The summed E-state index contributed by atoms with van der Waals surface area (Å²) in [5.41, 5.74) is 1.000. The second-order valence-corrected chi connectivity index (χ2v) is 5.47. The van der Waals surface area contributed by atoms with Gasteiger partial charge in [0.1, 0.15) is 0 Å². The molecule has 0 amide bonds. The predicted molar refractivity (Wildman–Crippen MR) is 87.1 cm³/mol. The smallest absolute Gasteiger partial charge is 0.267 e. The van der Waals surface area contributed by atoms with Gasteiger partial charge in [0.2, 0.25) is 0 Å². The van der Waals surface area contributed by atoms with E-state index in [0.29, 0.717) is 10.8 Å². The number of aromatic nitrogens is 2. The summed E-state index contributed by atoms with van der Waals surface area (Å²) in [6.45, 7) is 0. The Morgan fingerprint density at radius 3 is 2.05 bits per heavy atom. The Hall–Kier alpha value is -3.14. The van der Waals surface area contributed by atoms with Crippen LogP contribution in [-0.4, -0.2) is 9.03 Å². The summed E-state index contributed by atoms with van der Waals surface area (Å²) < 4.78 is 2.95. The number of hydrogen-bond acceptors (Lipinski definition) is 2. The fraction of sp³-hybridized carbons (Fsp3) is 0. The van der Waals surface area contributed by atoms with Crippen molar-refractivity contribution in [1.29, 1.82) is 0 Å². The minimum absolute atomic E-state index is 0.262. The lowest BCUT2D eigenvalue weighted by Crippen LogP contribution is -2.21. The Labute approximate surface area is 123 Å². The van der Waals surface area contributed by atoms with Crippen LogP contribution in [0.2, 0.25) is 0 Å². The predicted octanol–water partition coefficient (Wildman–Crippen LogP) is 2.66. The first kappa shape index (κ1) is 11.5. The summed E-state index contributed by atoms with van der Waals surface area (Å²) in [5.74, 6) is 0. The second-order valence-electron chi connectivity index (χ2n) is 5.47. The molecule has 5 rings (SSSR count). The highest BCUT2D eigenvalue weighted by molar-refractivity contribution is 5.98. The van der Waals surface area contributed by atoms with Gasteiger partial charge in [-0.15, -0.1) is 0 Å². The lowest BCUT2D eigenvalue weighted by Gasteiger charge is -1.98. The SMILES string of the molecule is O=c1c2ccccc2n2c3cc4ccccc4cc3c(=O)n12. The molecule has 2 heterocycles. The zero-order chi connectivity index (χ0) is 14.8. The first-order valence-electron chi connectivity index (χ1n) is 7.06. The fourth-order valence-electron chi connectivity index (χ4n) is 3.26. The Morgan fingerprint density at radius 1 is 0.591 bits per heavy atom. The van der Waals surface area contributed by atoms with Gasteiger partial charge in [-0.05, 0) is 35.0 Å². The first-order valence-corrected chi connectivity index (χ1v) is 7.06. The molecule has 0 radical (unpaired) electrons. The molecule has 0 fully saturated rings. The number of para-hydroxylation sites is 1. The Balaban J connectivity index is 2.19. The average Bonchev–Trinajstić information content (AvgIpc) is 3.01. The van der Waals surface area contributed by atoms with E-state index >= 15 is 0 Å². The van der Waals surface area contributed by atoms with E-state index in [2.05, 4.69) is 0 Å². The van der Waals surface area contributed by atoms with Crippen LogP contribution in [0.1, 0.15) is 0 Å². The van der Waals surface area contributed by atoms with Crippen molar-refractivity contribution in [2.45, 2.75) is 0 Å². The maximum Gasteiger partial charge on any atom is 0.282 e. The molecule has 0 unspecified atom stereocenters. The molecule has 0 saturated heterocycles. The van der Waals surface area contributed by atoms with Gasteiger partial charge in [0.05, 0.1) is 21.8 Å². The molecule has 22 heavy (non-hydrogen) atoms. The molecule has 0 aliphatic rings. The zero-order valence-corrected chi connectivity index (χ0v) is 11.5. The van der Waals surface area contributed by atoms with Crippen molar-refractivity contribution in [3.8, 4) is 0 Å². The minimum atomic E-state index is -0.263. The quantitative estimate of drug-likeness (QED) is 0.439. The average molecular weight is 286 g/mol. The van der Waals surface area contributed by atoms with Crippen molar-refractivity contribution in [2.24, 2.45) is 0 Å². The number of nitrogens with zero attached hydrogens (tertiary/aromatic N) is 2. The van der Waals surface area contributed by atoms with Gasteiger partial charge < -0.3 is 0 Å². The van der Waals surface area contributed by atoms with E-state index in [9.17, 15) is 9.59 Å². The molecule has 4 nitrogen and oxygen atoms in total. The van der Waals surface area contributed by atoms with Crippen LogP contribution in [0.25, 0.3) is 32.6 Å². The van der Waals surface area contributed by atoms with E-state index in [-0.39, 0.29) is 11.1 Å². The highest BCUT2D eigenvalue weighted by Crippen LogP contribution is 2.22. The highest BCUT2D eigenvalue weighted by atomic mass is 16.2. The molecule has 0 spiro atoms. The summed E-state index contributed by atoms with van der Waals surface area (Å²) in [5, 5.41) is 3.18. The van der Waals surface area contributed by atoms with E-state index in [4.69, 9.17) is 0 Å². The molecule has 0 aliphatic carbocycles. The van der Waals surface area contributed by atoms with Gasteiger partial charge in [-0.1, -0.05) is 36.4 Å². The third-order valence-corrected chi connectivity index (χ3v) is 4.27. The van der Waals surface area contributed by atoms with E-state index in [0.717, 1.165) is 21.8 Å². The maximum atomic E-state index is 12.7. The van der Waals surface area contributed by atoms with Gasteiger partial charge in [0.15, 0.2) is 0 Å². The van der Waals surface area contributed by atoms with Crippen LogP contribution >= 0.6 is 0 Å². The Morgan fingerprint density at radius 2 is 1.23 bits per heavy atom. The topological polar surface area (TPSA) is 43.0 Å². The molecule has 2 aromatic heterocycles. The van der Waals surface area contributed by atoms with Crippen molar-refractivity contribution in [2.75, 3.05) is 0 Å². The number of rotatable bonds is 0. The van der Waals surface area contributed by atoms with E-state index in [1.165, 1.54) is 4.52 Å². The molecular weight excluding hydrogens is 276 g/mol. The molecule has 4 heteroatoms. The molecule has 3 aromatic carbocycles. The van der Waals surface area contributed by atoms with Crippen LogP contribution in [0.4, 0.5) is 0 Å². The molecule has 5 aromatic rings. The van der Waals surface area contributed by atoms with Crippen LogP contribution in [0, 0.1) is 0 Å². The van der Waals surface area contributed by atoms with E-state index in [1.54, 1.807) is 10.6 Å². The Kier molecular flexibility index (Phi) is 1.96. The molecule has 0 N–H and O–H groups in total. The van der Waals surface area contributed by atoms with Gasteiger partial charge in [0, 0.05) is 0 Å². The van der Waals surface area contributed by atoms with Crippen LogP contribution < -0.4 is 11.1 Å². The summed E-state index contributed by atoms with van der Waals surface area (Å²) >= 11 is 0. The van der Waals surface area contributed by atoms with Gasteiger partial charge >= 0.3 is 0 Å². The summed E-state index contributed by atoms with van der Waals surface area (Å²) in [6, 6.07) is 19.0. The van der Waals surface area contributed by atoms with Crippen molar-refractivity contribution in [1.82, 2.24) is 9.03 Å². The zero-order valence-electron chi connectivity index (χ0n) is 11.5. The monoisotopic (exact) mass is 286 g/mol. The molecule has 104 valence electrons. The maximum absolute atomic E-state index is 12.7. The molecule has 0 aliphatic heterocycles. The van der Waals surface area contributed by atoms with Crippen LogP contribution in [-0.2, 0) is 0 Å². The molecule has 0 saturated carbocycles. The first-order chi connectivity index (χ1) is 10.8. The lowest BCUT2D eigenvalue weighted by molar-refractivity contribution is 0.841. The van der Waals surface area contributed by atoms with Gasteiger partial charge in [-0.2, -0.15) is 4.52 Å². The standard InChI is InChI=1S/C18H10N2O2/c21-17-13-7-3-4-8-15(13)19-16-10-12-6-2-1-5-11(12)9-14(16)18(22)20(17)19/h1-10H. The van der Waals surface area contributed by atoms with E-state index in [1.807, 2.05) is 54.6 Å². The van der Waals surface area contributed by atoms with Gasteiger partial charge in [0.25, 0.3) is 11.1 Å². The lowest BCUT2D eigenvalue weighted by atomic mass is 10.1. The van der Waals surface area contributed by atoms with E-state index < -0.39 is 0 Å². The van der Waals surface area contributed by atoms with Gasteiger partial charge in [-0.3, -0.25) is 9.59 Å².